The average Bonchev–Trinajstić information content (AvgIpc) is 2.47. The fraction of sp³-hybridized carbons (Fsp3) is 0.133. The van der Waals surface area contributed by atoms with Gasteiger partial charge in [0.25, 0.3) is 0 Å². The predicted molar refractivity (Wildman–Crippen MR) is 78.4 cm³/mol. The maximum absolute atomic E-state index is 13.7. The van der Waals surface area contributed by atoms with E-state index in [4.69, 9.17) is 5.73 Å². The van der Waals surface area contributed by atoms with Crippen LogP contribution < -0.4 is 15.8 Å². The lowest BCUT2D eigenvalue weighted by molar-refractivity contribution is -0.0506. The number of benzene rings is 2. The number of hydrogen-bond donors (Lipinski definition) is 2. The average molecular weight is 309 g/mol. The standard InChI is InChI=1S/C15H14F3N3O/c16-12-7-4-8-13(22-14(17)18)11(12)9-20-15(19)21-10-5-2-1-3-6-10/h1-8,14H,9H2,(H3,19,20,21). The molecule has 0 atom stereocenters. The normalized spacial score (nSPS) is 11.5. The number of rotatable bonds is 5. The summed E-state index contributed by atoms with van der Waals surface area (Å²) in [5, 5.41) is 2.81. The molecule has 22 heavy (non-hydrogen) atoms. The Bertz CT molecular complexity index is 648. The van der Waals surface area contributed by atoms with Crippen LogP contribution in [0.1, 0.15) is 5.56 Å². The van der Waals surface area contributed by atoms with Gasteiger partial charge in [-0.3, -0.25) is 0 Å². The molecule has 0 radical (unpaired) electrons. The molecule has 0 spiro atoms. The van der Waals surface area contributed by atoms with Crippen molar-refractivity contribution in [2.45, 2.75) is 13.2 Å². The van der Waals surface area contributed by atoms with Crippen LogP contribution in [0.25, 0.3) is 0 Å². The summed E-state index contributed by atoms with van der Waals surface area (Å²) in [5.74, 6) is -0.905. The zero-order valence-electron chi connectivity index (χ0n) is 11.5. The molecular weight excluding hydrogens is 295 g/mol. The fourth-order valence-electron chi connectivity index (χ4n) is 1.77. The van der Waals surface area contributed by atoms with Crippen LogP contribution in [-0.2, 0) is 6.54 Å². The van der Waals surface area contributed by atoms with Crippen LogP contribution >= 0.6 is 0 Å². The summed E-state index contributed by atoms with van der Waals surface area (Å²) in [7, 11) is 0. The van der Waals surface area contributed by atoms with E-state index in [1.54, 1.807) is 24.3 Å². The number of ether oxygens (including phenoxy) is 1. The van der Waals surface area contributed by atoms with Gasteiger partial charge in [-0.25, -0.2) is 9.38 Å². The maximum Gasteiger partial charge on any atom is 0.387 e. The summed E-state index contributed by atoms with van der Waals surface area (Å²) in [5.41, 5.74) is 6.31. The molecule has 0 fully saturated rings. The van der Waals surface area contributed by atoms with Crippen molar-refractivity contribution in [1.29, 1.82) is 0 Å². The van der Waals surface area contributed by atoms with Gasteiger partial charge in [-0.1, -0.05) is 24.3 Å². The van der Waals surface area contributed by atoms with E-state index in [-0.39, 0.29) is 23.8 Å². The maximum atomic E-state index is 13.7. The molecule has 0 saturated heterocycles. The molecular formula is C15H14F3N3O. The first-order chi connectivity index (χ1) is 10.6. The molecule has 0 aromatic heterocycles. The van der Waals surface area contributed by atoms with Crippen molar-refractivity contribution in [3.63, 3.8) is 0 Å². The zero-order chi connectivity index (χ0) is 15.9. The summed E-state index contributed by atoms with van der Waals surface area (Å²) in [4.78, 5) is 3.94. The molecule has 0 bridgehead atoms. The third kappa shape index (κ3) is 4.41. The van der Waals surface area contributed by atoms with Gasteiger partial charge in [-0.05, 0) is 24.3 Å². The highest BCUT2D eigenvalue weighted by molar-refractivity contribution is 5.92. The molecule has 0 aliphatic heterocycles. The van der Waals surface area contributed by atoms with E-state index in [1.165, 1.54) is 12.1 Å². The molecule has 3 N–H and O–H groups in total. The van der Waals surface area contributed by atoms with Gasteiger partial charge in [0.1, 0.15) is 11.6 Å². The quantitative estimate of drug-likeness (QED) is 0.658. The third-order valence-electron chi connectivity index (χ3n) is 2.75. The van der Waals surface area contributed by atoms with E-state index in [2.05, 4.69) is 15.0 Å². The van der Waals surface area contributed by atoms with E-state index >= 15 is 0 Å². The van der Waals surface area contributed by atoms with E-state index < -0.39 is 12.4 Å². The topological polar surface area (TPSA) is 59.6 Å². The summed E-state index contributed by atoms with van der Waals surface area (Å²) in [6, 6.07) is 12.7. The van der Waals surface area contributed by atoms with Crippen molar-refractivity contribution >= 4 is 11.6 Å². The molecule has 0 aliphatic carbocycles. The summed E-state index contributed by atoms with van der Waals surface area (Å²) in [6.07, 6.45) is 0. The first-order valence-electron chi connectivity index (χ1n) is 6.40. The number of nitrogens with two attached hydrogens (primary N) is 1. The monoisotopic (exact) mass is 309 g/mol. The van der Waals surface area contributed by atoms with Crippen molar-refractivity contribution in [3.8, 4) is 5.75 Å². The number of nitrogens with one attached hydrogen (secondary N) is 1. The molecule has 7 heteroatoms. The Morgan fingerprint density at radius 3 is 2.55 bits per heavy atom. The molecule has 0 aliphatic rings. The lowest BCUT2D eigenvalue weighted by Crippen LogP contribution is -2.22. The van der Waals surface area contributed by atoms with Gasteiger partial charge in [0, 0.05) is 5.69 Å². The Morgan fingerprint density at radius 1 is 1.14 bits per heavy atom. The van der Waals surface area contributed by atoms with Crippen molar-refractivity contribution in [3.05, 3.63) is 59.9 Å². The Hall–Kier alpha value is -2.70. The third-order valence-corrected chi connectivity index (χ3v) is 2.75. The minimum absolute atomic E-state index is 0.0393. The number of hydrogen-bond acceptors (Lipinski definition) is 2. The minimum Gasteiger partial charge on any atom is -0.434 e. The SMILES string of the molecule is NC(=NCc1c(F)cccc1OC(F)F)Nc1ccccc1. The highest BCUT2D eigenvalue weighted by Crippen LogP contribution is 2.24. The van der Waals surface area contributed by atoms with Crippen LogP contribution in [0.5, 0.6) is 5.75 Å². The lowest BCUT2D eigenvalue weighted by atomic mass is 10.2. The first kappa shape index (κ1) is 15.7. The smallest absolute Gasteiger partial charge is 0.387 e. The zero-order valence-corrected chi connectivity index (χ0v) is 11.5. The van der Waals surface area contributed by atoms with E-state index in [0.29, 0.717) is 5.69 Å². The van der Waals surface area contributed by atoms with Crippen LogP contribution in [-0.4, -0.2) is 12.6 Å². The predicted octanol–water partition coefficient (Wildman–Crippen LogP) is 3.35. The second-order valence-electron chi connectivity index (χ2n) is 4.29. The number of guanidine groups is 1. The molecule has 2 rings (SSSR count). The van der Waals surface area contributed by atoms with Crippen molar-refractivity contribution in [2.75, 3.05) is 5.32 Å². The van der Waals surface area contributed by atoms with E-state index in [9.17, 15) is 13.2 Å². The second-order valence-corrected chi connectivity index (χ2v) is 4.29. The van der Waals surface area contributed by atoms with Gasteiger partial charge in [0.05, 0.1) is 12.1 Å². The van der Waals surface area contributed by atoms with Crippen LogP contribution in [0.2, 0.25) is 0 Å². The Kier molecular flexibility index (Phi) is 5.24. The lowest BCUT2D eigenvalue weighted by Gasteiger charge is -2.10. The fourth-order valence-corrected chi connectivity index (χ4v) is 1.77. The van der Waals surface area contributed by atoms with Gasteiger partial charge < -0.3 is 15.8 Å². The van der Waals surface area contributed by atoms with Gasteiger partial charge in [0.2, 0.25) is 0 Å². The molecule has 2 aromatic carbocycles. The number of aliphatic imine (C=N–C) groups is 1. The van der Waals surface area contributed by atoms with E-state index in [1.807, 2.05) is 6.07 Å². The largest absolute Gasteiger partial charge is 0.434 e. The van der Waals surface area contributed by atoms with Crippen molar-refractivity contribution in [2.24, 2.45) is 10.7 Å². The number of nitrogens with zero attached hydrogens (tertiary/aromatic N) is 1. The van der Waals surface area contributed by atoms with Gasteiger partial charge >= 0.3 is 6.61 Å². The summed E-state index contributed by atoms with van der Waals surface area (Å²) < 4.78 is 42.6. The first-order valence-corrected chi connectivity index (χ1v) is 6.40. The summed E-state index contributed by atoms with van der Waals surface area (Å²) >= 11 is 0. The highest BCUT2D eigenvalue weighted by Gasteiger charge is 2.13. The molecule has 0 amide bonds. The van der Waals surface area contributed by atoms with E-state index in [0.717, 1.165) is 6.07 Å². The van der Waals surface area contributed by atoms with Gasteiger partial charge in [-0.2, -0.15) is 8.78 Å². The Morgan fingerprint density at radius 2 is 1.86 bits per heavy atom. The highest BCUT2D eigenvalue weighted by atomic mass is 19.3. The second kappa shape index (κ2) is 7.35. The molecule has 2 aromatic rings. The number of halogens is 3. The van der Waals surface area contributed by atoms with Gasteiger partial charge in [0.15, 0.2) is 5.96 Å². The van der Waals surface area contributed by atoms with Crippen LogP contribution in [0.15, 0.2) is 53.5 Å². The van der Waals surface area contributed by atoms with Crippen LogP contribution in [0.3, 0.4) is 0 Å². The Balaban J connectivity index is 2.11. The Labute approximate surface area is 125 Å². The number of anilines is 1. The molecule has 0 saturated carbocycles. The summed E-state index contributed by atoms with van der Waals surface area (Å²) in [6.45, 7) is -3.26. The molecule has 0 heterocycles. The van der Waals surface area contributed by atoms with Crippen LogP contribution in [0.4, 0.5) is 18.9 Å². The van der Waals surface area contributed by atoms with Crippen molar-refractivity contribution < 1.29 is 17.9 Å². The molecule has 116 valence electrons. The molecule has 0 unspecified atom stereocenters. The van der Waals surface area contributed by atoms with Crippen molar-refractivity contribution in [1.82, 2.24) is 0 Å². The van der Waals surface area contributed by atoms with Crippen LogP contribution in [0, 0.1) is 5.82 Å². The molecule has 4 nitrogen and oxygen atoms in total. The minimum atomic E-state index is -3.04. The van der Waals surface area contributed by atoms with Gasteiger partial charge in [-0.15, -0.1) is 0 Å². The number of para-hydroxylation sites is 1. The number of alkyl halides is 2.